The molecule has 2 N–H and O–H groups in total. The van der Waals surface area contributed by atoms with Gasteiger partial charge in [0.25, 0.3) is 0 Å². The zero-order chi connectivity index (χ0) is 14.4. The largest absolute Gasteiger partial charge is 0.367 e. The Morgan fingerprint density at radius 3 is 2.80 bits per heavy atom. The minimum atomic E-state index is -0.471. The summed E-state index contributed by atoms with van der Waals surface area (Å²) in [5.41, 5.74) is 0. The van der Waals surface area contributed by atoms with Crippen LogP contribution in [0.3, 0.4) is 0 Å². The highest BCUT2D eigenvalue weighted by molar-refractivity contribution is 5.41. The molecule has 0 bridgehead atoms. The van der Waals surface area contributed by atoms with Gasteiger partial charge in [-0.3, -0.25) is 4.68 Å². The number of aromatic nitrogens is 5. The summed E-state index contributed by atoms with van der Waals surface area (Å²) in [6.07, 6.45) is 4.34. The van der Waals surface area contributed by atoms with Gasteiger partial charge >= 0.3 is 0 Å². The summed E-state index contributed by atoms with van der Waals surface area (Å²) in [5, 5.41) is 10.1. The van der Waals surface area contributed by atoms with Gasteiger partial charge in [-0.1, -0.05) is 6.92 Å². The molecule has 0 aliphatic heterocycles. The van der Waals surface area contributed by atoms with E-state index in [9.17, 15) is 4.39 Å². The van der Waals surface area contributed by atoms with Crippen LogP contribution in [0.5, 0.6) is 0 Å². The highest BCUT2D eigenvalue weighted by Gasteiger charge is 2.07. The van der Waals surface area contributed by atoms with Gasteiger partial charge in [0.2, 0.25) is 5.95 Å². The molecule has 0 amide bonds. The zero-order valence-electron chi connectivity index (χ0n) is 11.6. The molecular formula is C12H18FN7. The second-order valence-corrected chi connectivity index (χ2v) is 4.33. The second-order valence-electron chi connectivity index (χ2n) is 4.33. The Bertz CT molecular complexity index is 554. The average Bonchev–Trinajstić information content (AvgIpc) is 2.85. The molecular weight excluding hydrogens is 261 g/mol. The van der Waals surface area contributed by atoms with E-state index in [1.54, 1.807) is 18.1 Å². The number of halogens is 1. The van der Waals surface area contributed by atoms with Crippen molar-refractivity contribution < 1.29 is 4.39 Å². The SMILES string of the molecule is CCCNc1ncc(F)c(NCCc2ncn(C)n2)n1. The number of anilines is 2. The molecule has 2 aromatic heterocycles. The maximum Gasteiger partial charge on any atom is 0.224 e. The Morgan fingerprint density at radius 1 is 1.25 bits per heavy atom. The number of hydrogen-bond donors (Lipinski definition) is 2. The van der Waals surface area contributed by atoms with Crippen LogP contribution >= 0.6 is 0 Å². The fourth-order valence-electron chi connectivity index (χ4n) is 1.60. The summed E-state index contributed by atoms with van der Waals surface area (Å²) in [6.45, 7) is 3.30. The molecule has 0 saturated carbocycles. The third kappa shape index (κ3) is 3.87. The third-order valence-corrected chi connectivity index (χ3v) is 2.57. The van der Waals surface area contributed by atoms with E-state index in [1.807, 2.05) is 6.92 Å². The molecule has 2 heterocycles. The molecule has 2 rings (SSSR count). The van der Waals surface area contributed by atoms with Crippen LogP contribution < -0.4 is 10.6 Å². The molecule has 0 aliphatic carbocycles. The highest BCUT2D eigenvalue weighted by atomic mass is 19.1. The Labute approximate surface area is 116 Å². The quantitative estimate of drug-likeness (QED) is 0.793. The molecule has 0 atom stereocenters. The Morgan fingerprint density at radius 2 is 2.10 bits per heavy atom. The van der Waals surface area contributed by atoms with E-state index in [-0.39, 0.29) is 5.82 Å². The molecule has 0 fully saturated rings. The predicted molar refractivity (Wildman–Crippen MR) is 74.0 cm³/mol. The van der Waals surface area contributed by atoms with Crippen LogP contribution in [0.25, 0.3) is 0 Å². The fraction of sp³-hybridized carbons (Fsp3) is 0.500. The van der Waals surface area contributed by atoms with Crippen molar-refractivity contribution in [3.63, 3.8) is 0 Å². The van der Waals surface area contributed by atoms with Crippen molar-refractivity contribution in [1.82, 2.24) is 24.7 Å². The van der Waals surface area contributed by atoms with E-state index in [2.05, 4.69) is 30.7 Å². The van der Waals surface area contributed by atoms with E-state index in [0.29, 0.717) is 24.7 Å². The molecule has 0 saturated heterocycles. The summed E-state index contributed by atoms with van der Waals surface area (Å²) in [6, 6.07) is 0. The van der Waals surface area contributed by atoms with Crippen molar-refractivity contribution in [2.45, 2.75) is 19.8 Å². The van der Waals surface area contributed by atoms with Crippen LogP contribution in [-0.4, -0.2) is 37.8 Å². The second kappa shape index (κ2) is 6.78. The van der Waals surface area contributed by atoms with E-state index in [4.69, 9.17) is 0 Å². The smallest absolute Gasteiger partial charge is 0.224 e. The van der Waals surface area contributed by atoms with E-state index < -0.39 is 5.82 Å². The standard InChI is InChI=1S/C12H18FN7/c1-3-5-15-12-16-7-9(13)11(18-12)14-6-4-10-17-8-20(2)19-10/h7-8H,3-6H2,1-2H3,(H2,14,15,16,18). The molecule has 2 aromatic rings. The zero-order valence-corrected chi connectivity index (χ0v) is 11.6. The van der Waals surface area contributed by atoms with Gasteiger partial charge < -0.3 is 10.6 Å². The Hall–Kier alpha value is -2.25. The van der Waals surface area contributed by atoms with Crippen molar-refractivity contribution in [3.8, 4) is 0 Å². The lowest BCUT2D eigenvalue weighted by Crippen LogP contribution is -2.12. The van der Waals surface area contributed by atoms with Crippen molar-refractivity contribution in [2.75, 3.05) is 23.7 Å². The van der Waals surface area contributed by atoms with Gasteiger partial charge in [-0.25, -0.2) is 14.4 Å². The van der Waals surface area contributed by atoms with Crippen LogP contribution in [0.1, 0.15) is 19.2 Å². The predicted octanol–water partition coefficient (Wildman–Crippen LogP) is 1.22. The lowest BCUT2D eigenvalue weighted by Gasteiger charge is -2.08. The van der Waals surface area contributed by atoms with Gasteiger partial charge in [0.05, 0.1) is 6.20 Å². The molecule has 0 unspecified atom stereocenters. The van der Waals surface area contributed by atoms with Gasteiger partial charge in [0.15, 0.2) is 17.5 Å². The summed E-state index contributed by atoms with van der Waals surface area (Å²) in [5.74, 6) is 0.848. The molecule has 20 heavy (non-hydrogen) atoms. The van der Waals surface area contributed by atoms with Crippen molar-refractivity contribution in [1.29, 1.82) is 0 Å². The molecule has 0 aromatic carbocycles. The molecule has 108 valence electrons. The topological polar surface area (TPSA) is 80.5 Å². The lowest BCUT2D eigenvalue weighted by atomic mass is 10.4. The average molecular weight is 279 g/mol. The van der Waals surface area contributed by atoms with Crippen LogP contribution in [0.4, 0.5) is 16.2 Å². The summed E-state index contributed by atoms with van der Waals surface area (Å²) in [7, 11) is 1.81. The van der Waals surface area contributed by atoms with Crippen LogP contribution in [-0.2, 0) is 13.5 Å². The number of rotatable bonds is 7. The Balaban J connectivity index is 1.90. The molecule has 8 heteroatoms. The van der Waals surface area contributed by atoms with Crippen LogP contribution in [0, 0.1) is 5.82 Å². The Kier molecular flexibility index (Phi) is 4.80. The van der Waals surface area contributed by atoms with Crippen molar-refractivity contribution in [3.05, 3.63) is 24.2 Å². The van der Waals surface area contributed by atoms with Gasteiger partial charge in [0, 0.05) is 26.6 Å². The number of nitrogens with one attached hydrogen (secondary N) is 2. The van der Waals surface area contributed by atoms with E-state index in [0.717, 1.165) is 19.2 Å². The lowest BCUT2D eigenvalue weighted by molar-refractivity contribution is 0.616. The first-order valence-electron chi connectivity index (χ1n) is 6.54. The van der Waals surface area contributed by atoms with Crippen LogP contribution in [0.2, 0.25) is 0 Å². The third-order valence-electron chi connectivity index (χ3n) is 2.57. The normalized spacial score (nSPS) is 10.6. The van der Waals surface area contributed by atoms with Crippen molar-refractivity contribution in [2.24, 2.45) is 7.05 Å². The van der Waals surface area contributed by atoms with Crippen LogP contribution in [0.15, 0.2) is 12.5 Å². The first-order chi connectivity index (χ1) is 9.69. The minimum absolute atomic E-state index is 0.189. The number of hydrogen-bond acceptors (Lipinski definition) is 6. The molecule has 7 nitrogen and oxygen atoms in total. The highest BCUT2D eigenvalue weighted by Crippen LogP contribution is 2.11. The summed E-state index contributed by atoms with van der Waals surface area (Å²) in [4.78, 5) is 12.1. The van der Waals surface area contributed by atoms with Gasteiger partial charge in [-0.2, -0.15) is 10.1 Å². The minimum Gasteiger partial charge on any atom is -0.367 e. The molecule has 0 spiro atoms. The maximum absolute atomic E-state index is 13.6. The molecule has 0 aliphatic rings. The summed E-state index contributed by atoms with van der Waals surface area (Å²) < 4.78 is 15.2. The van der Waals surface area contributed by atoms with E-state index >= 15 is 0 Å². The van der Waals surface area contributed by atoms with Gasteiger partial charge in [-0.05, 0) is 6.42 Å². The summed E-state index contributed by atoms with van der Waals surface area (Å²) >= 11 is 0. The van der Waals surface area contributed by atoms with Gasteiger partial charge in [0.1, 0.15) is 6.33 Å². The number of nitrogens with zero attached hydrogens (tertiary/aromatic N) is 5. The van der Waals surface area contributed by atoms with Crippen molar-refractivity contribution >= 4 is 11.8 Å². The first kappa shape index (κ1) is 14.2. The van der Waals surface area contributed by atoms with E-state index in [1.165, 1.54) is 0 Å². The monoisotopic (exact) mass is 279 g/mol. The number of aryl methyl sites for hydroxylation is 1. The fourth-order valence-corrected chi connectivity index (χ4v) is 1.60. The van der Waals surface area contributed by atoms with Gasteiger partial charge in [-0.15, -0.1) is 0 Å². The molecule has 0 radical (unpaired) electrons. The first-order valence-corrected chi connectivity index (χ1v) is 6.54. The maximum atomic E-state index is 13.6.